The molecule has 2 aromatic rings. The second-order valence-electron chi connectivity index (χ2n) is 4.47. The van der Waals surface area contributed by atoms with Crippen LogP contribution in [-0.2, 0) is 10.0 Å². The Morgan fingerprint density at radius 3 is 2.38 bits per heavy atom. The van der Waals surface area contributed by atoms with E-state index in [9.17, 15) is 12.8 Å². The van der Waals surface area contributed by atoms with Gasteiger partial charge in [-0.1, -0.05) is 0 Å². The summed E-state index contributed by atoms with van der Waals surface area (Å²) in [5.41, 5.74) is 6.64. The summed E-state index contributed by atoms with van der Waals surface area (Å²) in [5.74, 6) is -0.258. The van der Waals surface area contributed by atoms with Gasteiger partial charge >= 0.3 is 0 Å². The van der Waals surface area contributed by atoms with Crippen molar-refractivity contribution in [3.8, 4) is 5.75 Å². The molecular formula is C14H15FN2O3S. The van der Waals surface area contributed by atoms with Crippen LogP contribution in [0.2, 0.25) is 0 Å². The van der Waals surface area contributed by atoms with E-state index in [1.54, 1.807) is 19.1 Å². The van der Waals surface area contributed by atoms with E-state index in [2.05, 4.69) is 4.72 Å². The Balaban J connectivity index is 2.35. The number of benzene rings is 2. The summed E-state index contributed by atoms with van der Waals surface area (Å²) in [4.78, 5) is -0.485. The van der Waals surface area contributed by atoms with E-state index in [0.29, 0.717) is 17.0 Å². The van der Waals surface area contributed by atoms with E-state index in [-0.39, 0.29) is 5.69 Å². The van der Waals surface area contributed by atoms with Crippen LogP contribution in [0.4, 0.5) is 15.8 Å². The molecule has 21 heavy (non-hydrogen) atoms. The molecule has 0 aromatic heterocycles. The molecule has 2 aromatic carbocycles. The molecule has 0 unspecified atom stereocenters. The van der Waals surface area contributed by atoms with E-state index in [4.69, 9.17) is 10.5 Å². The molecule has 0 spiro atoms. The van der Waals surface area contributed by atoms with Crippen LogP contribution in [0.15, 0.2) is 41.3 Å². The van der Waals surface area contributed by atoms with E-state index in [1.807, 2.05) is 0 Å². The molecule has 0 heterocycles. The van der Waals surface area contributed by atoms with Crippen molar-refractivity contribution in [1.82, 2.24) is 0 Å². The smallest absolute Gasteiger partial charge is 0.264 e. The Morgan fingerprint density at radius 2 is 1.81 bits per heavy atom. The summed E-state index contributed by atoms with van der Waals surface area (Å²) >= 11 is 0. The fourth-order valence-electron chi connectivity index (χ4n) is 1.74. The topological polar surface area (TPSA) is 81.4 Å². The lowest BCUT2D eigenvalue weighted by atomic mass is 10.2. The molecule has 0 fully saturated rings. The van der Waals surface area contributed by atoms with Crippen molar-refractivity contribution in [2.45, 2.75) is 11.8 Å². The summed E-state index contributed by atoms with van der Waals surface area (Å²) in [7, 11) is -2.55. The minimum Gasteiger partial charge on any atom is -0.497 e. The Kier molecular flexibility index (Phi) is 4.04. The van der Waals surface area contributed by atoms with Crippen molar-refractivity contribution in [2.75, 3.05) is 17.6 Å². The van der Waals surface area contributed by atoms with Crippen LogP contribution < -0.4 is 15.2 Å². The van der Waals surface area contributed by atoms with Crippen molar-refractivity contribution in [2.24, 2.45) is 0 Å². The molecule has 0 aliphatic carbocycles. The number of rotatable bonds is 4. The molecule has 0 saturated carbocycles. The van der Waals surface area contributed by atoms with Gasteiger partial charge < -0.3 is 10.5 Å². The van der Waals surface area contributed by atoms with Gasteiger partial charge in [0.15, 0.2) is 0 Å². The summed E-state index contributed by atoms with van der Waals surface area (Å²) in [5, 5.41) is 0. The van der Waals surface area contributed by atoms with Crippen molar-refractivity contribution >= 4 is 21.4 Å². The molecule has 112 valence electrons. The summed E-state index contributed by atoms with van der Waals surface area (Å²) < 4.78 is 45.5. The van der Waals surface area contributed by atoms with Crippen LogP contribution in [0.5, 0.6) is 5.75 Å². The maximum Gasteiger partial charge on any atom is 0.264 e. The molecule has 0 radical (unpaired) electrons. The van der Waals surface area contributed by atoms with Gasteiger partial charge in [-0.15, -0.1) is 0 Å². The lowest BCUT2D eigenvalue weighted by Gasteiger charge is -2.11. The Morgan fingerprint density at radius 1 is 1.19 bits per heavy atom. The normalized spacial score (nSPS) is 11.2. The minimum atomic E-state index is -4.05. The number of sulfonamides is 1. The molecule has 0 bridgehead atoms. The van der Waals surface area contributed by atoms with E-state index in [1.165, 1.54) is 19.2 Å². The molecule has 0 atom stereocenters. The van der Waals surface area contributed by atoms with Crippen molar-refractivity contribution < 1.29 is 17.5 Å². The van der Waals surface area contributed by atoms with E-state index in [0.717, 1.165) is 12.1 Å². The van der Waals surface area contributed by atoms with Gasteiger partial charge in [0, 0.05) is 11.4 Å². The molecule has 0 aliphatic heterocycles. The van der Waals surface area contributed by atoms with Gasteiger partial charge in [0.2, 0.25) is 0 Å². The lowest BCUT2D eigenvalue weighted by molar-refractivity contribution is 0.415. The number of nitrogens with one attached hydrogen (secondary N) is 1. The largest absolute Gasteiger partial charge is 0.497 e. The Labute approximate surface area is 122 Å². The van der Waals surface area contributed by atoms with Crippen LogP contribution in [0, 0.1) is 12.7 Å². The van der Waals surface area contributed by atoms with E-state index >= 15 is 0 Å². The highest BCUT2D eigenvalue weighted by molar-refractivity contribution is 7.92. The maximum atomic E-state index is 13.9. The quantitative estimate of drug-likeness (QED) is 0.850. The second-order valence-corrected chi connectivity index (χ2v) is 6.12. The highest BCUT2D eigenvalue weighted by Gasteiger charge is 2.20. The van der Waals surface area contributed by atoms with Crippen LogP contribution in [0.3, 0.4) is 0 Å². The van der Waals surface area contributed by atoms with Crippen molar-refractivity contribution in [3.05, 3.63) is 47.8 Å². The number of anilines is 2. The third kappa shape index (κ3) is 3.25. The standard InChI is InChI=1S/C14H15FN2O3S/c1-9-7-12(15)14(8-13(9)16)21(18,19)17-10-3-5-11(20-2)6-4-10/h3-8,17H,16H2,1-2H3. The molecule has 0 saturated heterocycles. The predicted molar refractivity (Wildman–Crippen MR) is 79.4 cm³/mol. The van der Waals surface area contributed by atoms with Crippen LogP contribution in [0.25, 0.3) is 0 Å². The fraction of sp³-hybridized carbons (Fsp3) is 0.143. The number of ether oxygens (including phenoxy) is 1. The highest BCUT2D eigenvalue weighted by atomic mass is 32.2. The first-order valence-corrected chi connectivity index (χ1v) is 7.54. The van der Waals surface area contributed by atoms with Gasteiger partial charge in [0.1, 0.15) is 16.5 Å². The number of halogens is 1. The number of aryl methyl sites for hydroxylation is 1. The first kappa shape index (κ1) is 15.1. The Bertz CT molecular complexity index is 759. The first-order valence-electron chi connectivity index (χ1n) is 6.06. The zero-order chi connectivity index (χ0) is 15.6. The Hall–Kier alpha value is -2.28. The van der Waals surface area contributed by atoms with Gasteiger partial charge in [-0.05, 0) is 48.9 Å². The molecule has 3 N–H and O–H groups in total. The van der Waals surface area contributed by atoms with Gasteiger partial charge in [0.25, 0.3) is 10.0 Å². The maximum absolute atomic E-state index is 13.9. The summed E-state index contributed by atoms with van der Waals surface area (Å²) in [6, 6.07) is 8.43. The highest BCUT2D eigenvalue weighted by Crippen LogP contribution is 2.24. The third-order valence-electron chi connectivity index (χ3n) is 2.95. The number of hydrogen-bond acceptors (Lipinski definition) is 4. The fourth-order valence-corrected chi connectivity index (χ4v) is 2.90. The number of hydrogen-bond donors (Lipinski definition) is 2. The number of nitrogen functional groups attached to an aromatic ring is 1. The first-order chi connectivity index (χ1) is 9.83. The molecule has 5 nitrogen and oxygen atoms in total. The van der Waals surface area contributed by atoms with E-state index < -0.39 is 20.7 Å². The number of nitrogens with two attached hydrogens (primary N) is 1. The third-order valence-corrected chi connectivity index (χ3v) is 4.35. The van der Waals surface area contributed by atoms with Crippen molar-refractivity contribution in [3.63, 3.8) is 0 Å². The number of methoxy groups -OCH3 is 1. The monoisotopic (exact) mass is 310 g/mol. The summed E-state index contributed by atoms with van der Waals surface area (Å²) in [6.07, 6.45) is 0. The molecule has 7 heteroatoms. The van der Waals surface area contributed by atoms with Crippen LogP contribution in [0.1, 0.15) is 5.56 Å². The molecule has 2 rings (SSSR count). The molecule has 0 amide bonds. The predicted octanol–water partition coefficient (Wildman–Crippen LogP) is 2.53. The van der Waals surface area contributed by atoms with Gasteiger partial charge in [-0.25, -0.2) is 12.8 Å². The zero-order valence-electron chi connectivity index (χ0n) is 11.6. The lowest BCUT2D eigenvalue weighted by Crippen LogP contribution is -2.15. The molecule has 0 aliphatic rings. The zero-order valence-corrected chi connectivity index (χ0v) is 12.4. The average molecular weight is 310 g/mol. The SMILES string of the molecule is COc1ccc(NS(=O)(=O)c2cc(N)c(C)cc2F)cc1. The van der Waals surface area contributed by atoms with Crippen molar-refractivity contribution in [1.29, 1.82) is 0 Å². The van der Waals surface area contributed by atoms with Crippen LogP contribution >= 0.6 is 0 Å². The van der Waals surface area contributed by atoms with Crippen LogP contribution in [-0.4, -0.2) is 15.5 Å². The van der Waals surface area contributed by atoms with Gasteiger partial charge in [0.05, 0.1) is 7.11 Å². The average Bonchev–Trinajstić information content (AvgIpc) is 2.43. The van der Waals surface area contributed by atoms with Gasteiger partial charge in [-0.2, -0.15) is 0 Å². The summed E-state index contributed by atoms with van der Waals surface area (Å²) in [6.45, 7) is 1.60. The second kappa shape index (κ2) is 5.61. The minimum absolute atomic E-state index is 0.214. The van der Waals surface area contributed by atoms with Gasteiger partial charge in [-0.3, -0.25) is 4.72 Å². The molecular weight excluding hydrogens is 295 g/mol.